The Kier molecular flexibility index (Phi) is 4.50. The van der Waals surface area contributed by atoms with Gasteiger partial charge in [0.15, 0.2) is 0 Å². The van der Waals surface area contributed by atoms with Crippen LogP contribution in [0.25, 0.3) is 0 Å². The average molecular weight is 215 g/mol. The molecule has 0 spiro atoms. The second-order valence-electron chi connectivity index (χ2n) is 4.33. The lowest BCUT2D eigenvalue weighted by molar-refractivity contribution is -0.123. The van der Waals surface area contributed by atoms with E-state index in [0.717, 1.165) is 13.1 Å². The molecule has 3 unspecified atom stereocenters. The summed E-state index contributed by atoms with van der Waals surface area (Å²) in [5.41, 5.74) is 10.8. The maximum atomic E-state index is 10.9. The molecule has 15 heavy (non-hydrogen) atoms. The normalized spacial score (nSPS) is 30.1. The third-order valence-electron chi connectivity index (χ3n) is 2.68. The molecule has 1 fully saturated rings. The van der Waals surface area contributed by atoms with E-state index >= 15 is 0 Å². The minimum absolute atomic E-state index is 0.0776. The highest BCUT2D eigenvalue weighted by Crippen LogP contribution is 2.12. The Balaban J connectivity index is 2.44. The summed E-state index contributed by atoms with van der Waals surface area (Å²) in [6.07, 6.45) is 0.251. The Hall–Kier alpha value is -0.650. The van der Waals surface area contributed by atoms with E-state index < -0.39 is 0 Å². The average Bonchev–Trinajstić information content (AvgIpc) is 2.16. The summed E-state index contributed by atoms with van der Waals surface area (Å²) >= 11 is 0. The molecule has 1 saturated heterocycles. The number of carbonyl (C=O) groups is 1. The molecule has 0 bridgehead atoms. The van der Waals surface area contributed by atoms with E-state index in [1.807, 2.05) is 13.8 Å². The van der Waals surface area contributed by atoms with Crippen molar-refractivity contribution in [3.8, 4) is 0 Å². The van der Waals surface area contributed by atoms with Gasteiger partial charge in [0.25, 0.3) is 0 Å². The Labute approximate surface area is 90.7 Å². The molecular formula is C10H21N3O2. The highest BCUT2D eigenvalue weighted by molar-refractivity contribution is 5.76. The molecule has 88 valence electrons. The Bertz CT molecular complexity index is 223. The fourth-order valence-corrected chi connectivity index (χ4v) is 1.90. The van der Waals surface area contributed by atoms with Crippen LogP contribution in [0.5, 0.6) is 0 Å². The number of morpholine rings is 1. The molecule has 0 aromatic carbocycles. The number of nitrogens with zero attached hydrogens (tertiary/aromatic N) is 1. The van der Waals surface area contributed by atoms with Crippen LogP contribution >= 0.6 is 0 Å². The van der Waals surface area contributed by atoms with Crippen molar-refractivity contribution in [3.63, 3.8) is 0 Å². The number of carbonyl (C=O) groups excluding carboxylic acids is 1. The predicted molar refractivity (Wildman–Crippen MR) is 58.2 cm³/mol. The van der Waals surface area contributed by atoms with Crippen molar-refractivity contribution in [2.75, 3.05) is 26.2 Å². The van der Waals surface area contributed by atoms with Crippen molar-refractivity contribution >= 4 is 5.91 Å². The summed E-state index contributed by atoms with van der Waals surface area (Å²) < 4.78 is 5.62. The second kappa shape index (κ2) is 5.44. The minimum Gasteiger partial charge on any atom is -0.371 e. The Morgan fingerprint density at radius 2 is 2.27 bits per heavy atom. The van der Waals surface area contributed by atoms with Crippen LogP contribution in [-0.4, -0.2) is 49.2 Å². The van der Waals surface area contributed by atoms with Gasteiger partial charge in [0, 0.05) is 32.1 Å². The number of hydrogen-bond donors (Lipinski definition) is 2. The van der Waals surface area contributed by atoms with Gasteiger partial charge in [-0.1, -0.05) is 6.92 Å². The van der Waals surface area contributed by atoms with Crippen LogP contribution in [0, 0.1) is 5.92 Å². The predicted octanol–water partition coefficient (Wildman–Crippen LogP) is -0.844. The fourth-order valence-electron chi connectivity index (χ4n) is 1.90. The van der Waals surface area contributed by atoms with Gasteiger partial charge in [-0.15, -0.1) is 0 Å². The van der Waals surface area contributed by atoms with Crippen molar-refractivity contribution in [1.29, 1.82) is 0 Å². The highest BCUT2D eigenvalue weighted by Gasteiger charge is 2.26. The number of nitrogens with two attached hydrogens (primary N) is 2. The van der Waals surface area contributed by atoms with Gasteiger partial charge < -0.3 is 16.2 Å². The van der Waals surface area contributed by atoms with E-state index in [9.17, 15) is 4.79 Å². The van der Waals surface area contributed by atoms with Crippen LogP contribution in [0.2, 0.25) is 0 Å². The second-order valence-corrected chi connectivity index (χ2v) is 4.33. The van der Waals surface area contributed by atoms with E-state index in [2.05, 4.69) is 4.90 Å². The fraction of sp³-hybridized carbons (Fsp3) is 0.900. The van der Waals surface area contributed by atoms with Crippen LogP contribution in [-0.2, 0) is 9.53 Å². The van der Waals surface area contributed by atoms with Gasteiger partial charge in [0.2, 0.25) is 5.91 Å². The maximum absolute atomic E-state index is 10.9. The first-order valence-electron chi connectivity index (χ1n) is 5.40. The SMILES string of the molecule is CC1CN(CC(C)C(N)=O)CC(CN)O1. The monoisotopic (exact) mass is 215 g/mol. The molecule has 3 atom stereocenters. The summed E-state index contributed by atoms with van der Waals surface area (Å²) in [6, 6.07) is 0. The van der Waals surface area contributed by atoms with Crippen molar-refractivity contribution in [2.45, 2.75) is 26.1 Å². The summed E-state index contributed by atoms with van der Waals surface area (Å²) in [4.78, 5) is 13.1. The van der Waals surface area contributed by atoms with Crippen LogP contribution in [0.4, 0.5) is 0 Å². The molecule has 5 nitrogen and oxygen atoms in total. The molecule has 0 aliphatic carbocycles. The zero-order valence-electron chi connectivity index (χ0n) is 9.48. The molecule has 0 radical (unpaired) electrons. The van der Waals surface area contributed by atoms with Gasteiger partial charge in [0.05, 0.1) is 12.2 Å². The standard InChI is InChI=1S/C10H21N3O2/c1-7(10(12)14)4-13-5-8(2)15-9(3-11)6-13/h7-9H,3-6,11H2,1-2H3,(H2,12,14). The first-order chi connectivity index (χ1) is 7.02. The molecular weight excluding hydrogens is 194 g/mol. The van der Waals surface area contributed by atoms with Crippen molar-refractivity contribution in [2.24, 2.45) is 17.4 Å². The molecule has 1 heterocycles. The topological polar surface area (TPSA) is 81.6 Å². The first-order valence-corrected chi connectivity index (χ1v) is 5.40. The number of amides is 1. The minimum atomic E-state index is -0.251. The van der Waals surface area contributed by atoms with Crippen LogP contribution in [0.1, 0.15) is 13.8 Å². The number of primary amides is 1. The molecule has 1 rings (SSSR count). The molecule has 0 aromatic heterocycles. The van der Waals surface area contributed by atoms with Gasteiger partial charge in [0.1, 0.15) is 0 Å². The summed E-state index contributed by atoms with van der Waals surface area (Å²) in [5.74, 6) is -0.368. The first kappa shape index (κ1) is 12.4. The zero-order chi connectivity index (χ0) is 11.4. The molecule has 1 aliphatic rings. The smallest absolute Gasteiger partial charge is 0.221 e. The lowest BCUT2D eigenvalue weighted by atomic mass is 10.1. The van der Waals surface area contributed by atoms with Gasteiger partial charge >= 0.3 is 0 Å². The molecule has 4 N–H and O–H groups in total. The van der Waals surface area contributed by atoms with Crippen molar-refractivity contribution in [3.05, 3.63) is 0 Å². The van der Waals surface area contributed by atoms with Gasteiger partial charge in [-0.2, -0.15) is 0 Å². The third-order valence-corrected chi connectivity index (χ3v) is 2.68. The number of rotatable bonds is 4. The molecule has 0 saturated carbocycles. The molecule has 1 amide bonds. The lowest BCUT2D eigenvalue weighted by Crippen LogP contribution is -2.51. The molecule has 0 aromatic rings. The summed E-state index contributed by atoms with van der Waals surface area (Å²) in [7, 11) is 0. The molecule has 5 heteroatoms. The zero-order valence-corrected chi connectivity index (χ0v) is 9.48. The largest absolute Gasteiger partial charge is 0.371 e. The van der Waals surface area contributed by atoms with E-state index in [4.69, 9.17) is 16.2 Å². The quantitative estimate of drug-likeness (QED) is 0.640. The lowest BCUT2D eigenvalue weighted by Gasteiger charge is -2.37. The Morgan fingerprint density at radius 3 is 2.80 bits per heavy atom. The van der Waals surface area contributed by atoms with Crippen LogP contribution in [0.3, 0.4) is 0 Å². The van der Waals surface area contributed by atoms with E-state index in [0.29, 0.717) is 13.1 Å². The van der Waals surface area contributed by atoms with Gasteiger partial charge in [-0.05, 0) is 6.92 Å². The highest BCUT2D eigenvalue weighted by atomic mass is 16.5. The van der Waals surface area contributed by atoms with Crippen LogP contribution < -0.4 is 11.5 Å². The number of hydrogen-bond acceptors (Lipinski definition) is 4. The maximum Gasteiger partial charge on any atom is 0.221 e. The van der Waals surface area contributed by atoms with Gasteiger partial charge in [-0.3, -0.25) is 9.69 Å². The van der Waals surface area contributed by atoms with E-state index in [1.165, 1.54) is 0 Å². The third kappa shape index (κ3) is 3.77. The Morgan fingerprint density at radius 1 is 1.60 bits per heavy atom. The summed E-state index contributed by atoms with van der Waals surface area (Å²) in [5, 5.41) is 0. The van der Waals surface area contributed by atoms with Crippen molar-refractivity contribution < 1.29 is 9.53 Å². The van der Waals surface area contributed by atoms with Gasteiger partial charge in [-0.25, -0.2) is 0 Å². The van der Waals surface area contributed by atoms with Crippen molar-refractivity contribution in [1.82, 2.24) is 4.90 Å². The van der Waals surface area contributed by atoms with Crippen LogP contribution in [0.15, 0.2) is 0 Å². The number of ether oxygens (including phenoxy) is 1. The summed E-state index contributed by atoms with van der Waals surface area (Å²) in [6.45, 7) is 6.71. The van der Waals surface area contributed by atoms with E-state index in [-0.39, 0.29) is 24.0 Å². The molecule has 1 aliphatic heterocycles. The van der Waals surface area contributed by atoms with E-state index in [1.54, 1.807) is 0 Å².